The Morgan fingerprint density at radius 1 is 1.38 bits per heavy atom. The van der Waals surface area contributed by atoms with Gasteiger partial charge < -0.3 is 14.2 Å². The van der Waals surface area contributed by atoms with Gasteiger partial charge >= 0.3 is 5.97 Å². The minimum absolute atomic E-state index is 0.308. The Morgan fingerprint density at radius 2 is 2.06 bits per heavy atom. The lowest BCUT2D eigenvalue weighted by Crippen LogP contribution is -2.10. The standard InChI is InChI=1S/C10H12BrNO4/c1-14-7-4-8(15-2)12-6(5-11)9(7)10(13)16-3/h4H,5H2,1-3H3. The van der Waals surface area contributed by atoms with Gasteiger partial charge in [-0.1, -0.05) is 15.9 Å². The van der Waals surface area contributed by atoms with Gasteiger partial charge in [0.1, 0.15) is 11.3 Å². The zero-order chi connectivity index (χ0) is 12.1. The molecule has 1 heterocycles. The third kappa shape index (κ3) is 2.44. The van der Waals surface area contributed by atoms with Crippen molar-refractivity contribution >= 4 is 21.9 Å². The Morgan fingerprint density at radius 3 is 2.50 bits per heavy atom. The molecule has 0 aromatic carbocycles. The monoisotopic (exact) mass is 289 g/mol. The van der Waals surface area contributed by atoms with Crippen LogP contribution in [0.4, 0.5) is 0 Å². The largest absolute Gasteiger partial charge is 0.496 e. The summed E-state index contributed by atoms with van der Waals surface area (Å²) in [4.78, 5) is 15.7. The number of carbonyl (C=O) groups excluding carboxylic acids is 1. The maximum Gasteiger partial charge on any atom is 0.343 e. The predicted molar refractivity (Wildman–Crippen MR) is 61.3 cm³/mol. The summed E-state index contributed by atoms with van der Waals surface area (Å²) in [6, 6.07) is 1.54. The van der Waals surface area contributed by atoms with Crippen LogP contribution in [0.5, 0.6) is 11.6 Å². The van der Waals surface area contributed by atoms with E-state index >= 15 is 0 Å². The first-order valence-electron chi connectivity index (χ1n) is 4.44. The van der Waals surface area contributed by atoms with E-state index in [0.29, 0.717) is 28.2 Å². The van der Waals surface area contributed by atoms with E-state index in [2.05, 4.69) is 25.7 Å². The van der Waals surface area contributed by atoms with E-state index < -0.39 is 5.97 Å². The Balaban J connectivity index is 3.37. The molecule has 1 aromatic rings. The number of ether oxygens (including phenoxy) is 3. The van der Waals surface area contributed by atoms with Gasteiger partial charge in [0.05, 0.1) is 27.0 Å². The fourth-order valence-electron chi connectivity index (χ4n) is 1.23. The highest BCUT2D eigenvalue weighted by atomic mass is 79.9. The van der Waals surface area contributed by atoms with E-state index in [0.717, 1.165) is 0 Å². The maximum atomic E-state index is 11.6. The Labute approximate surface area is 102 Å². The minimum Gasteiger partial charge on any atom is -0.496 e. The summed E-state index contributed by atoms with van der Waals surface area (Å²) >= 11 is 3.25. The van der Waals surface area contributed by atoms with Crippen molar-refractivity contribution in [2.24, 2.45) is 0 Å². The second-order valence-electron chi connectivity index (χ2n) is 2.81. The van der Waals surface area contributed by atoms with Crippen molar-refractivity contribution in [3.63, 3.8) is 0 Å². The highest BCUT2D eigenvalue weighted by molar-refractivity contribution is 9.08. The lowest BCUT2D eigenvalue weighted by Gasteiger charge is -2.11. The van der Waals surface area contributed by atoms with Gasteiger partial charge in [-0.05, 0) is 0 Å². The topological polar surface area (TPSA) is 57.7 Å². The quantitative estimate of drug-likeness (QED) is 0.625. The van der Waals surface area contributed by atoms with E-state index in [1.807, 2.05) is 0 Å². The van der Waals surface area contributed by atoms with Crippen molar-refractivity contribution < 1.29 is 19.0 Å². The molecule has 0 amide bonds. The third-order valence-electron chi connectivity index (χ3n) is 1.98. The summed E-state index contributed by atoms with van der Waals surface area (Å²) in [6.45, 7) is 0. The summed E-state index contributed by atoms with van der Waals surface area (Å²) in [5, 5.41) is 0.408. The van der Waals surface area contributed by atoms with Gasteiger partial charge in [0.15, 0.2) is 0 Å². The first-order valence-corrected chi connectivity index (χ1v) is 5.56. The Kier molecular flexibility index (Phi) is 4.54. The number of halogens is 1. The zero-order valence-corrected chi connectivity index (χ0v) is 10.8. The predicted octanol–water partition coefficient (Wildman–Crippen LogP) is 1.78. The molecular weight excluding hydrogens is 278 g/mol. The normalized spacial score (nSPS) is 9.75. The molecule has 6 heteroatoms. The highest BCUT2D eigenvalue weighted by Crippen LogP contribution is 2.27. The van der Waals surface area contributed by atoms with Crippen LogP contribution >= 0.6 is 15.9 Å². The molecule has 88 valence electrons. The van der Waals surface area contributed by atoms with Crippen LogP contribution < -0.4 is 9.47 Å². The second kappa shape index (κ2) is 5.69. The van der Waals surface area contributed by atoms with Crippen molar-refractivity contribution in [2.45, 2.75) is 5.33 Å². The number of hydrogen-bond donors (Lipinski definition) is 0. The summed E-state index contributed by atoms with van der Waals surface area (Å²) in [6.07, 6.45) is 0. The van der Waals surface area contributed by atoms with E-state index in [1.54, 1.807) is 6.07 Å². The van der Waals surface area contributed by atoms with Gasteiger partial charge in [-0.2, -0.15) is 0 Å². The van der Waals surface area contributed by atoms with Gasteiger partial charge in [-0.15, -0.1) is 0 Å². The van der Waals surface area contributed by atoms with Crippen LogP contribution in [0.15, 0.2) is 6.07 Å². The molecule has 16 heavy (non-hydrogen) atoms. The molecular formula is C10H12BrNO4. The van der Waals surface area contributed by atoms with Crippen LogP contribution in [-0.2, 0) is 10.1 Å². The minimum atomic E-state index is -0.485. The van der Waals surface area contributed by atoms with Gasteiger partial charge in [0.2, 0.25) is 5.88 Å². The van der Waals surface area contributed by atoms with Crippen molar-refractivity contribution in [1.29, 1.82) is 0 Å². The number of carbonyl (C=O) groups is 1. The van der Waals surface area contributed by atoms with Gasteiger partial charge in [-0.25, -0.2) is 9.78 Å². The molecule has 0 aliphatic heterocycles. The highest BCUT2D eigenvalue weighted by Gasteiger charge is 2.20. The SMILES string of the molecule is COC(=O)c1c(OC)cc(OC)nc1CBr. The van der Waals surface area contributed by atoms with Crippen molar-refractivity contribution in [3.8, 4) is 11.6 Å². The number of alkyl halides is 1. The lowest BCUT2D eigenvalue weighted by molar-refractivity contribution is 0.0595. The average Bonchev–Trinajstić information content (AvgIpc) is 2.35. The van der Waals surface area contributed by atoms with E-state index in [9.17, 15) is 4.79 Å². The van der Waals surface area contributed by atoms with E-state index in [1.165, 1.54) is 21.3 Å². The first kappa shape index (κ1) is 12.8. The molecule has 1 aromatic heterocycles. The molecule has 0 unspecified atom stereocenters. The third-order valence-corrected chi connectivity index (χ3v) is 2.51. The lowest BCUT2D eigenvalue weighted by atomic mass is 10.2. The summed E-state index contributed by atoms with van der Waals surface area (Å²) in [5.41, 5.74) is 0.825. The smallest absolute Gasteiger partial charge is 0.343 e. The van der Waals surface area contributed by atoms with Crippen LogP contribution in [0.25, 0.3) is 0 Å². The fraction of sp³-hybridized carbons (Fsp3) is 0.400. The van der Waals surface area contributed by atoms with E-state index in [4.69, 9.17) is 9.47 Å². The molecule has 0 fully saturated rings. The summed E-state index contributed by atoms with van der Waals surface area (Å²) in [5.74, 6) is 0.286. The molecule has 0 spiro atoms. The maximum absolute atomic E-state index is 11.6. The molecule has 0 saturated heterocycles. The van der Waals surface area contributed by atoms with Crippen LogP contribution in [-0.4, -0.2) is 32.3 Å². The summed E-state index contributed by atoms with van der Waals surface area (Å²) in [7, 11) is 4.28. The van der Waals surface area contributed by atoms with E-state index in [-0.39, 0.29) is 0 Å². The van der Waals surface area contributed by atoms with Crippen LogP contribution in [0.3, 0.4) is 0 Å². The van der Waals surface area contributed by atoms with Gasteiger partial charge in [0.25, 0.3) is 0 Å². The summed E-state index contributed by atoms with van der Waals surface area (Å²) < 4.78 is 14.8. The van der Waals surface area contributed by atoms with Gasteiger partial charge in [-0.3, -0.25) is 0 Å². The molecule has 1 rings (SSSR count). The van der Waals surface area contributed by atoms with Gasteiger partial charge in [0, 0.05) is 11.4 Å². The van der Waals surface area contributed by atoms with Crippen LogP contribution in [0.1, 0.15) is 16.1 Å². The number of aromatic nitrogens is 1. The van der Waals surface area contributed by atoms with Crippen molar-refractivity contribution in [3.05, 3.63) is 17.3 Å². The number of nitrogens with zero attached hydrogens (tertiary/aromatic N) is 1. The molecule has 0 atom stereocenters. The number of pyridine rings is 1. The van der Waals surface area contributed by atoms with Crippen molar-refractivity contribution in [2.75, 3.05) is 21.3 Å². The molecule has 0 radical (unpaired) electrons. The average molecular weight is 290 g/mol. The fourth-order valence-corrected chi connectivity index (χ4v) is 1.64. The molecule has 0 aliphatic rings. The zero-order valence-electron chi connectivity index (χ0n) is 9.24. The second-order valence-corrected chi connectivity index (χ2v) is 3.37. The Hall–Kier alpha value is -1.30. The molecule has 5 nitrogen and oxygen atoms in total. The Bertz CT molecular complexity index is 369. The van der Waals surface area contributed by atoms with Crippen LogP contribution in [0, 0.1) is 0 Å². The number of esters is 1. The van der Waals surface area contributed by atoms with Crippen molar-refractivity contribution in [1.82, 2.24) is 4.98 Å². The van der Waals surface area contributed by atoms with Crippen LogP contribution in [0.2, 0.25) is 0 Å². The number of methoxy groups -OCH3 is 3. The molecule has 0 bridgehead atoms. The molecule has 0 N–H and O–H groups in total. The number of rotatable bonds is 4. The first-order chi connectivity index (χ1) is 7.67. The molecule has 0 aliphatic carbocycles. The number of hydrogen-bond acceptors (Lipinski definition) is 5. The molecule has 0 saturated carbocycles.